The Morgan fingerprint density at radius 3 is 2.45 bits per heavy atom. The fourth-order valence-electron chi connectivity index (χ4n) is 1.88. The molecular weight excluding hydrogens is 306 g/mol. The van der Waals surface area contributed by atoms with Gasteiger partial charge in [-0.05, 0) is 18.2 Å². The van der Waals surface area contributed by atoms with Crippen LogP contribution in [0.5, 0.6) is 11.5 Å². The zero-order valence-electron chi connectivity index (χ0n) is 12.1. The number of hydrogen-bond acceptors (Lipinski definition) is 7. The number of aromatic nitrogens is 2. The molecule has 0 fully saturated rings. The van der Waals surface area contributed by atoms with E-state index in [1.165, 1.54) is 0 Å². The van der Waals surface area contributed by atoms with Crippen LogP contribution < -0.4 is 15.2 Å². The zero-order valence-corrected chi connectivity index (χ0v) is 12.9. The lowest BCUT2D eigenvalue weighted by atomic mass is 10.1. The number of carboxylic acid groups (broad SMARTS) is 1. The minimum atomic E-state index is -0.932. The third kappa shape index (κ3) is 3.59. The molecule has 0 saturated heterocycles. The quantitative estimate of drug-likeness (QED) is 0.614. The first-order chi connectivity index (χ1) is 10.5. The van der Waals surface area contributed by atoms with Crippen molar-refractivity contribution in [2.24, 2.45) is 0 Å². The summed E-state index contributed by atoms with van der Waals surface area (Å²) in [5.74, 6) is 0.161. The molecular formula is C14H15N3O4S. The molecule has 0 saturated carbocycles. The molecule has 0 aliphatic carbocycles. The molecule has 0 radical (unpaired) electrons. The predicted molar refractivity (Wildman–Crippen MR) is 83.3 cm³/mol. The van der Waals surface area contributed by atoms with E-state index in [0.29, 0.717) is 27.8 Å². The van der Waals surface area contributed by atoms with Gasteiger partial charge in [0.1, 0.15) is 16.5 Å². The van der Waals surface area contributed by atoms with Gasteiger partial charge in [-0.25, -0.2) is 9.97 Å². The second-order valence-electron chi connectivity index (χ2n) is 4.17. The largest absolute Gasteiger partial charge is 0.496 e. The van der Waals surface area contributed by atoms with Gasteiger partial charge in [-0.3, -0.25) is 4.79 Å². The highest BCUT2D eigenvalue weighted by Crippen LogP contribution is 2.38. The Bertz CT molecular complexity index is 672. The number of hydrogen-bond donors (Lipinski definition) is 2. The first kappa shape index (κ1) is 15.9. The number of benzene rings is 1. The first-order valence-corrected chi connectivity index (χ1v) is 7.24. The minimum absolute atomic E-state index is 0.0540. The molecule has 0 aliphatic heterocycles. The van der Waals surface area contributed by atoms with Crippen molar-refractivity contribution in [2.75, 3.05) is 25.7 Å². The topological polar surface area (TPSA) is 108 Å². The molecule has 116 valence electrons. The lowest BCUT2D eigenvalue weighted by Crippen LogP contribution is -2.02. The van der Waals surface area contributed by atoms with Crippen molar-refractivity contribution in [1.29, 1.82) is 0 Å². The molecule has 0 atom stereocenters. The minimum Gasteiger partial charge on any atom is -0.496 e. The summed E-state index contributed by atoms with van der Waals surface area (Å²) >= 11 is 1.07. The summed E-state index contributed by atoms with van der Waals surface area (Å²) in [4.78, 5) is 18.9. The second kappa shape index (κ2) is 6.99. The smallest absolute Gasteiger partial charge is 0.313 e. The molecule has 7 nitrogen and oxygen atoms in total. The molecule has 2 rings (SSSR count). The SMILES string of the molecule is COc1cccc(OC)c1-c1cc(SCC(=O)O)nc(N)n1. The lowest BCUT2D eigenvalue weighted by molar-refractivity contribution is -0.133. The maximum Gasteiger partial charge on any atom is 0.313 e. The molecule has 8 heteroatoms. The number of thioether (sulfide) groups is 1. The van der Waals surface area contributed by atoms with E-state index in [0.717, 1.165) is 11.8 Å². The summed E-state index contributed by atoms with van der Waals surface area (Å²) in [6.45, 7) is 0. The van der Waals surface area contributed by atoms with Gasteiger partial charge >= 0.3 is 5.97 Å². The lowest BCUT2D eigenvalue weighted by Gasteiger charge is -2.13. The Balaban J connectivity index is 2.50. The Kier molecular flexibility index (Phi) is 5.05. The van der Waals surface area contributed by atoms with Gasteiger partial charge in [0.2, 0.25) is 5.95 Å². The molecule has 0 unspecified atom stereocenters. The van der Waals surface area contributed by atoms with Crippen LogP contribution in [-0.4, -0.2) is 41.0 Å². The average molecular weight is 321 g/mol. The van der Waals surface area contributed by atoms with Crippen LogP contribution in [0.25, 0.3) is 11.3 Å². The van der Waals surface area contributed by atoms with Gasteiger partial charge in [0.25, 0.3) is 0 Å². The number of nitrogens with two attached hydrogens (primary N) is 1. The molecule has 22 heavy (non-hydrogen) atoms. The molecule has 0 aliphatic rings. The highest BCUT2D eigenvalue weighted by atomic mass is 32.2. The van der Waals surface area contributed by atoms with Gasteiger partial charge in [0.15, 0.2) is 0 Å². The third-order valence-electron chi connectivity index (χ3n) is 2.75. The summed E-state index contributed by atoms with van der Waals surface area (Å²) < 4.78 is 10.7. The predicted octanol–water partition coefficient (Wildman–Crippen LogP) is 1.92. The van der Waals surface area contributed by atoms with Crippen LogP contribution in [0.1, 0.15) is 0 Å². The van der Waals surface area contributed by atoms with E-state index in [4.69, 9.17) is 20.3 Å². The van der Waals surface area contributed by atoms with Gasteiger partial charge in [0, 0.05) is 0 Å². The monoisotopic (exact) mass is 321 g/mol. The summed E-state index contributed by atoms with van der Waals surface area (Å²) in [5, 5.41) is 9.23. The molecule has 0 spiro atoms. The summed E-state index contributed by atoms with van der Waals surface area (Å²) in [7, 11) is 3.09. The maximum absolute atomic E-state index is 10.7. The van der Waals surface area contributed by atoms with Crippen LogP contribution in [0.15, 0.2) is 29.3 Å². The van der Waals surface area contributed by atoms with Crippen molar-refractivity contribution in [3.8, 4) is 22.8 Å². The number of aliphatic carboxylic acids is 1. The number of rotatable bonds is 6. The highest BCUT2D eigenvalue weighted by molar-refractivity contribution is 7.99. The molecule has 0 amide bonds. The van der Waals surface area contributed by atoms with Crippen molar-refractivity contribution in [3.63, 3.8) is 0 Å². The van der Waals surface area contributed by atoms with Gasteiger partial charge in [-0.2, -0.15) is 0 Å². The maximum atomic E-state index is 10.7. The third-order valence-corrected chi connectivity index (χ3v) is 3.64. The first-order valence-electron chi connectivity index (χ1n) is 6.25. The standard InChI is InChI=1S/C14H15N3O4S/c1-20-9-4-3-5-10(21-2)13(9)8-6-11(17-14(15)16-8)22-7-12(18)19/h3-6H,7H2,1-2H3,(H,18,19)(H2,15,16,17). The number of carboxylic acids is 1. The van der Waals surface area contributed by atoms with Gasteiger partial charge in [0.05, 0.1) is 31.2 Å². The molecule has 1 aromatic carbocycles. The van der Waals surface area contributed by atoms with Crippen LogP contribution in [-0.2, 0) is 4.79 Å². The fraction of sp³-hybridized carbons (Fsp3) is 0.214. The van der Waals surface area contributed by atoms with Crippen LogP contribution in [0, 0.1) is 0 Å². The van der Waals surface area contributed by atoms with Crippen LogP contribution >= 0.6 is 11.8 Å². The van der Waals surface area contributed by atoms with E-state index >= 15 is 0 Å². The number of carbonyl (C=O) groups is 1. The van der Waals surface area contributed by atoms with Gasteiger partial charge in [-0.1, -0.05) is 17.8 Å². The van der Waals surface area contributed by atoms with E-state index < -0.39 is 5.97 Å². The Morgan fingerprint density at radius 2 is 1.91 bits per heavy atom. The van der Waals surface area contributed by atoms with Crippen molar-refractivity contribution in [1.82, 2.24) is 9.97 Å². The van der Waals surface area contributed by atoms with Crippen LogP contribution in [0.3, 0.4) is 0 Å². The number of ether oxygens (including phenoxy) is 2. The second-order valence-corrected chi connectivity index (χ2v) is 5.17. The molecule has 0 bridgehead atoms. The van der Waals surface area contributed by atoms with Crippen molar-refractivity contribution in [2.45, 2.75) is 5.03 Å². The number of nitrogens with zero attached hydrogens (tertiary/aromatic N) is 2. The Hall–Kier alpha value is -2.48. The fourth-order valence-corrected chi connectivity index (χ4v) is 2.51. The number of methoxy groups -OCH3 is 2. The van der Waals surface area contributed by atoms with Crippen LogP contribution in [0.4, 0.5) is 5.95 Å². The molecule has 1 aromatic heterocycles. The van der Waals surface area contributed by atoms with E-state index in [2.05, 4.69) is 9.97 Å². The summed E-state index contributed by atoms with van der Waals surface area (Å²) in [5.41, 5.74) is 6.87. The van der Waals surface area contributed by atoms with E-state index in [-0.39, 0.29) is 11.7 Å². The zero-order chi connectivity index (χ0) is 16.1. The molecule has 3 N–H and O–H groups in total. The van der Waals surface area contributed by atoms with Gasteiger partial charge in [-0.15, -0.1) is 0 Å². The number of nitrogen functional groups attached to an aromatic ring is 1. The normalized spacial score (nSPS) is 10.3. The van der Waals surface area contributed by atoms with E-state index in [9.17, 15) is 4.79 Å². The summed E-state index contributed by atoms with van der Waals surface area (Å²) in [6.07, 6.45) is 0. The highest BCUT2D eigenvalue weighted by Gasteiger charge is 2.16. The van der Waals surface area contributed by atoms with Crippen molar-refractivity contribution >= 4 is 23.7 Å². The van der Waals surface area contributed by atoms with Gasteiger partial charge < -0.3 is 20.3 Å². The van der Waals surface area contributed by atoms with E-state index in [1.807, 2.05) is 0 Å². The average Bonchev–Trinajstić information content (AvgIpc) is 2.51. The van der Waals surface area contributed by atoms with Crippen LogP contribution in [0.2, 0.25) is 0 Å². The number of anilines is 1. The molecule has 2 aromatic rings. The Morgan fingerprint density at radius 1 is 1.27 bits per heavy atom. The Labute approximate surface area is 131 Å². The van der Waals surface area contributed by atoms with E-state index in [1.54, 1.807) is 38.5 Å². The molecule has 1 heterocycles. The van der Waals surface area contributed by atoms with Crippen molar-refractivity contribution < 1.29 is 19.4 Å². The van der Waals surface area contributed by atoms with Crippen molar-refractivity contribution in [3.05, 3.63) is 24.3 Å². The summed E-state index contributed by atoms with van der Waals surface area (Å²) in [6, 6.07) is 7.01.